The van der Waals surface area contributed by atoms with Crippen molar-refractivity contribution < 1.29 is 54.9 Å². The van der Waals surface area contributed by atoms with E-state index in [0.717, 1.165) is 30.4 Å². The highest BCUT2D eigenvalue weighted by Gasteiger charge is 2.74. The van der Waals surface area contributed by atoms with Crippen LogP contribution in [0.1, 0.15) is 128 Å². The van der Waals surface area contributed by atoms with Crippen LogP contribution in [-0.2, 0) is 25.7 Å². The summed E-state index contributed by atoms with van der Waals surface area (Å²) in [6.07, 6.45) is 5.08. The summed E-state index contributed by atoms with van der Waals surface area (Å²) < 4.78 is 5.90. The van der Waals surface area contributed by atoms with Crippen molar-refractivity contribution >= 4 is 23.5 Å². The number of nitrogens with zero attached hydrogens (tertiary/aromatic N) is 1. The summed E-state index contributed by atoms with van der Waals surface area (Å²) >= 11 is 0. The summed E-state index contributed by atoms with van der Waals surface area (Å²) in [5.74, 6) is 1.61. The molecule has 1 aliphatic heterocycles. The fraction of sp³-hybridized carbons (Fsp3) is 0.672. The molecule has 1 saturated heterocycles. The van der Waals surface area contributed by atoms with Gasteiger partial charge >= 0.3 is 5.97 Å². The first-order valence-corrected chi connectivity index (χ1v) is 28.6. The van der Waals surface area contributed by atoms with Crippen LogP contribution in [0, 0.1) is 87.8 Å². The zero-order valence-electron chi connectivity index (χ0n) is 45.2. The van der Waals surface area contributed by atoms with Crippen molar-refractivity contribution in [2.24, 2.45) is 86.7 Å². The molecular weight excluding hydrogens is 979 g/mol. The summed E-state index contributed by atoms with van der Waals surface area (Å²) in [5, 5.41) is 93.4. The number of esters is 1. The summed E-state index contributed by atoms with van der Waals surface area (Å²) in [6.45, 7) is 7.64. The Morgan fingerprint density at radius 3 is 2.48 bits per heavy atom. The van der Waals surface area contributed by atoms with Crippen LogP contribution >= 0.6 is 0 Å². The Labute approximate surface area is 452 Å². The fourth-order valence-corrected chi connectivity index (χ4v) is 17.4. The highest BCUT2D eigenvalue weighted by Crippen LogP contribution is 2.72. The van der Waals surface area contributed by atoms with Gasteiger partial charge in [0.15, 0.2) is 18.0 Å². The number of aliphatic hydroxyl groups excluding tert-OH is 4. The van der Waals surface area contributed by atoms with Gasteiger partial charge in [0, 0.05) is 60.4 Å². The van der Waals surface area contributed by atoms with Gasteiger partial charge in [-0.3, -0.25) is 14.4 Å². The predicted molar refractivity (Wildman–Crippen MR) is 287 cm³/mol. The average molecular weight is 1060 g/mol. The molecule has 2 heterocycles. The molecule has 12 N–H and O–H groups in total. The fourth-order valence-electron chi connectivity index (χ4n) is 17.4. The molecule has 77 heavy (non-hydrogen) atoms. The molecule has 16 heteroatoms. The number of ether oxygens (including phenoxy) is 1. The topological polar surface area (TPSA) is 280 Å². The zero-order valence-corrected chi connectivity index (χ0v) is 45.2. The molecule has 1 aromatic heterocycles. The number of carbonyl (C=O) groups excluding carboxylic acids is 3. The Morgan fingerprint density at radius 2 is 1.75 bits per heavy atom. The van der Waals surface area contributed by atoms with Crippen LogP contribution in [0.25, 0.3) is 0 Å². The monoisotopic (exact) mass is 1060 g/mol. The molecule has 19 atom stereocenters. The minimum Gasteiger partial charge on any atom is -0.465 e. The quantitative estimate of drug-likeness (QED) is 0.0369. The highest BCUT2D eigenvalue weighted by molar-refractivity contribution is 6.00. The zero-order chi connectivity index (χ0) is 54.8. The molecule has 4 saturated carbocycles. The molecule has 19 unspecified atom stereocenters. The molecule has 0 bridgehead atoms. The number of nitrogens with one attached hydrogen (secondary N) is 3. The number of benzene rings is 1. The first-order chi connectivity index (χ1) is 36.7. The van der Waals surface area contributed by atoms with E-state index in [1.54, 1.807) is 13.1 Å². The maximum atomic E-state index is 15.3. The number of hydrogen-bond donors (Lipinski definition) is 11. The van der Waals surface area contributed by atoms with E-state index in [2.05, 4.69) is 45.5 Å². The van der Waals surface area contributed by atoms with E-state index in [1.807, 2.05) is 49.5 Å². The van der Waals surface area contributed by atoms with Gasteiger partial charge in [-0.05, 0) is 155 Å². The van der Waals surface area contributed by atoms with Gasteiger partial charge in [0.2, 0.25) is 0 Å². The molecule has 0 spiro atoms. The summed E-state index contributed by atoms with van der Waals surface area (Å²) in [7, 11) is 0. The van der Waals surface area contributed by atoms with Gasteiger partial charge in [0.25, 0.3) is 0 Å². The molecule has 0 amide bonds. The number of cyclic esters (lactones) is 1. The van der Waals surface area contributed by atoms with E-state index in [4.69, 9.17) is 10.5 Å². The summed E-state index contributed by atoms with van der Waals surface area (Å²) in [4.78, 5) is 49.6. The van der Waals surface area contributed by atoms with E-state index in [1.165, 1.54) is 12.5 Å². The number of allylic oxidation sites excluding steroid dienone is 3. The molecule has 0 radical (unpaired) electrons. The number of nitrogens with two attached hydrogens (primary N) is 1. The lowest BCUT2D eigenvalue weighted by Gasteiger charge is -2.62. The number of aliphatic hydroxyl groups is 7. The number of ketones is 2. The van der Waals surface area contributed by atoms with E-state index in [9.17, 15) is 45.3 Å². The van der Waals surface area contributed by atoms with E-state index in [0.29, 0.717) is 43.7 Å². The van der Waals surface area contributed by atoms with Gasteiger partial charge in [0.05, 0.1) is 60.8 Å². The third kappa shape index (κ3) is 9.92. The van der Waals surface area contributed by atoms with Crippen LogP contribution in [0.15, 0.2) is 76.7 Å². The van der Waals surface area contributed by atoms with E-state index < -0.39 is 88.1 Å². The van der Waals surface area contributed by atoms with E-state index in [-0.39, 0.29) is 111 Å². The molecule has 8 aliphatic rings. The second kappa shape index (κ2) is 21.7. The number of fused-ring (bicyclic) bond motifs is 10. The van der Waals surface area contributed by atoms with Gasteiger partial charge in [0.1, 0.15) is 5.78 Å². The van der Waals surface area contributed by atoms with Crippen LogP contribution in [0.3, 0.4) is 0 Å². The van der Waals surface area contributed by atoms with Crippen LogP contribution in [-0.4, -0.2) is 120 Å². The number of H-pyrrole nitrogens is 1. The average Bonchev–Trinajstić information content (AvgIpc) is 4.26. The van der Waals surface area contributed by atoms with Crippen LogP contribution < -0.4 is 16.4 Å². The SMILES string of the molecule is CC(=O)CNC1=C2C(CCC3(CCNC(N)=NCc4ccccc4)C4C(CC#CC(C5COC(=O)C5c5cc[nH]c5)CC5C6CC(C)CCC6=CCC5C(C(O)O)CC(O)C4(C)O)CC23O)C2(C)CC(O)C(O)CC2C1=O. The molecule has 418 valence electrons. The van der Waals surface area contributed by atoms with Crippen molar-refractivity contribution in [3.8, 4) is 11.8 Å². The summed E-state index contributed by atoms with van der Waals surface area (Å²) in [5.41, 5.74) is 4.04. The molecule has 2 aromatic rings. The van der Waals surface area contributed by atoms with Crippen molar-refractivity contribution in [1.29, 1.82) is 0 Å². The van der Waals surface area contributed by atoms with Crippen LogP contribution in [0.5, 0.6) is 0 Å². The van der Waals surface area contributed by atoms with Gasteiger partial charge < -0.3 is 61.8 Å². The molecule has 7 aliphatic carbocycles. The molecule has 16 nitrogen and oxygen atoms in total. The third-order valence-electron chi connectivity index (χ3n) is 21.1. The van der Waals surface area contributed by atoms with Gasteiger partial charge in [-0.2, -0.15) is 0 Å². The number of aliphatic imine (C=N–C) groups is 1. The van der Waals surface area contributed by atoms with Gasteiger partial charge in [-0.15, -0.1) is 5.92 Å². The number of hydrogen-bond acceptors (Lipinski definition) is 13. The lowest BCUT2D eigenvalue weighted by molar-refractivity contribution is -0.197. The first kappa shape index (κ1) is 55.5. The Morgan fingerprint density at radius 1 is 0.974 bits per heavy atom. The maximum Gasteiger partial charge on any atom is 0.313 e. The Balaban J connectivity index is 1.13. The number of Topliss-reactive ketones (excluding diaryl/α,β-unsaturated/α-hetero) is 2. The number of aromatic nitrogens is 1. The van der Waals surface area contributed by atoms with E-state index >= 15 is 4.79 Å². The minimum atomic E-state index is -2.02. The highest BCUT2D eigenvalue weighted by atomic mass is 16.5. The third-order valence-corrected chi connectivity index (χ3v) is 21.1. The van der Waals surface area contributed by atoms with Crippen LogP contribution in [0.4, 0.5) is 0 Å². The Kier molecular flexibility index (Phi) is 15.6. The largest absolute Gasteiger partial charge is 0.465 e. The molecule has 1 aromatic carbocycles. The second-order valence-electron chi connectivity index (χ2n) is 25.4. The normalized spacial score (nSPS) is 42.1. The lowest BCUT2D eigenvalue weighted by atomic mass is 9.44. The van der Waals surface area contributed by atoms with Crippen LogP contribution in [0.2, 0.25) is 0 Å². The van der Waals surface area contributed by atoms with Crippen molar-refractivity contribution in [1.82, 2.24) is 15.6 Å². The van der Waals surface area contributed by atoms with Crippen molar-refractivity contribution in [2.45, 2.75) is 159 Å². The standard InChI is InChI=1S/C61H83N5O11/c1-33-13-14-36-15-16-40-42(41(36)23-33)24-37(44-32-77-56(74)50(44)39-18-21-63-31-39)11-8-12-38-27-61(76)51-45(58(3)28-48(69)47(68)26-46(58)53(71)52(51)65-29-34(2)67)17-19-60(61,54(38)59(4,75)49(70)25-43(40)55(72)73)20-22-64-57(62)66-30-35-9-6-5-7-10-35/h5-7,9-10,15,18,21,31,33,37-38,40-50,54-55,63,65,68-70,72-73,75-76H,12-14,16-17,19-20,22-30,32H2,1-4H3,(H3,62,64,66). The van der Waals surface area contributed by atoms with Gasteiger partial charge in [-0.1, -0.05) is 61.7 Å². The summed E-state index contributed by atoms with van der Waals surface area (Å²) in [6, 6.07) is 11.6. The second-order valence-corrected chi connectivity index (χ2v) is 25.4. The molecule has 5 fully saturated rings. The van der Waals surface area contributed by atoms with Crippen molar-refractivity contribution in [2.75, 3.05) is 19.7 Å². The Bertz CT molecular complexity index is 2680. The molecular formula is C61H83N5O11. The minimum absolute atomic E-state index is 0.00268. The van der Waals surface area contributed by atoms with Gasteiger partial charge in [-0.25, -0.2) is 4.99 Å². The number of guanidine groups is 1. The number of carbonyl (C=O) groups is 3. The maximum absolute atomic E-state index is 15.3. The lowest BCUT2D eigenvalue weighted by Crippen LogP contribution is -2.66. The Hall–Kier alpha value is -4.86. The number of rotatable bonds is 11. The first-order valence-electron chi connectivity index (χ1n) is 28.6. The predicted octanol–water partition coefficient (Wildman–Crippen LogP) is 4.52. The number of aromatic amines is 1. The van der Waals surface area contributed by atoms with Crippen molar-refractivity contribution in [3.63, 3.8) is 0 Å². The molecule has 10 rings (SSSR count). The van der Waals surface area contributed by atoms with Crippen molar-refractivity contribution in [3.05, 3.63) is 82.8 Å². The smallest absolute Gasteiger partial charge is 0.313 e.